The van der Waals surface area contributed by atoms with Crippen molar-refractivity contribution in [1.29, 1.82) is 0 Å². The average Bonchev–Trinajstić information content (AvgIpc) is 3.58. The molecule has 4 aromatic heterocycles. The van der Waals surface area contributed by atoms with Crippen molar-refractivity contribution in [3.63, 3.8) is 0 Å². The van der Waals surface area contributed by atoms with Crippen molar-refractivity contribution in [2.24, 2.45) is 0 Å². The molecule has 0 unspecified atom stereocenters. The highest BCUT2D eigenvalue weighted by molar-refractivity contribution is 7.08. The van der Waals surface area contributed by atoms with Gasteiger partial charge in [0.15, 0.2) is 0 Å². The first-order valence-corrected chi connectivity index (χ1v) is 12.5. The molecule has 0 saturated heterocycles. The second-order valence-electron chi connectivity index (χ2n) is 7.86. The minimum absolute atomic E-state index is 0.0620. The Balaban J connectivity index is 1.69. The molecule has 0 N–H and O–H groups in total. The molecule has 0 bridgehead atoms. The maximum absolute atomic E-state index is 5.46. The van der Waals surface area contributed by atoms with Gasteiger partial charge in [-0.15, -0.1) is 0 Å². The number of aromatic nitrogens is 4. The molecule has 0 atom stereocenters. The Morgan fingerprint density at radius 1 is 0.588 bits per heavy atom. The van der Waals surface area contributed by atoms with Crippen LogP contribution < -0.4 is 18.9 Å². The van der Waals surface area contributed by atoms with E-state index in [2.05, 4.69) is 43.6 Å². The lowest BCUT2D eigenvalue weighted by Crippen LogP contribution is -2.40. The van der Waals surface area contributed by atoms with Crippen LogP contribution in [-0.2, 0) is 0 Å². The van der Waals surface area contributed by atoms with Crippen LogP contribution in [0.1, 0.15) is 46.2 Å². The Hall–Kier alpha value is -3.24. The minimum Gasteiger partial charge on any atom is -0.481 e. The summed E-state index contributed by atoms with van der Waals surface area (Å²) < 4.78 is 21.7. The van der Waals surface area contributed by atoms with Crippen molar-refractivity contribution >= 4 is 22.7 Å². The number of hydrogen-bond acceptors (Lipinski definition) is 10. The third kappa shape index (κ3) is 3.97. The van der Waals surface area contributed by atoms with Crippen LogP contribution in [0.3, 0.4) is 0 Å². The second-order valence-corrected chi connectivity index (χ2v) is 9.42. The maximum Gasteiger partial charge on any atom is 0.319 e. The fourth-order valence-corrected chi connectivity index (χ4v) is 6.23. The number of thiophene rings is 2. The molecule has 176 valence electrons. The first kappa shape index (κ1) is 22.5. The molecule has 1 saturated carbocycles. The summed E-state index contributed by atoms with van der Waals surface area (Å²) in [6.07, 6.45) is 0. The molecule has 0 amide bonds. The summed E-state index contributed by atoms with van der Waals surface area (Å²) in [6, 6.07) is 8.73. The number of hydrogen-bond donors (Lipinski definition) is 0. The van der Waals surface area contributed by atoms with E-state index < -0.39 is 0 Å². The predicted octanol–water partition coefficient (Wildman–Crippen LogP) is 4.87. The quantitative estimate of drug-likeness (QED) is 0.341. The maximum atomic E-state index is 5.46. The Bertz CT molecular complexity index is 1100. The molecule has 0 aromatic carbocycles. The van der Waals surface area contributed by atoms with Crippen LogP contribution in [0.4, 0.5) is 0 Å². The number of nitrogens with zero attached hydrogens (tertiary/aromatic N) is 4. The van der Waals surface area contributed by atoms with Crippen molar-refractivity contribution in [3.05, 3.63) is 68.3 Å². The van der Waals surface area contributed by atoms with Crippen molar-refractivity contribution in [1.82, 2.24) is 19.9 Å². The molecule has 1 fully saturated rings. The van der Waals surface area contributed by atoms with Gasteiger partial charge in [0.2, 0.25) is 11.8 Å². The molecule has 34 heavy (non-hydrogen) atoms. The van der Waals surface area contributed by atoms with Gasteiger partial charge in [0.1, 0.15) is 0 Å². The summed E-state index contributed by atoms with van der Waals surface area (Å²) in [6.45, 7) is 0. The summed E-state index contributed by atoms with van der Waals surface area (Å²) in [5, 5.41) is 8.59. The fraction of sp³-hybridized carbons (Fsp3) is 0.333. The highest BCUT2D eigenvalue weighted by atomic mass is 32.1. The molecule has 0 aliphatic heterocycles. The topological polar surface area (TPSA) is 88.5 Å². The standard InChI is InChI=1S/C24H24N4O4S2/c1-29-17-9-15(25-23(27-17)31-3)21-19(13-5-7-33-11-13)22(20(21)14-6-8-34-12-14)16-10-18(30-2)28-24(26-16)32-4/h5-12,19-22H,1-4H3. The van der Waals surface area contributed by atoms with Crippen LogP contribution in [0.2, 0.25) is 0 Å². The van der Waals surface area contributed by atoms with Gasteiger partial charge < -0.3 is 18.9 Å². The SMILES string of the molecule is COc1cc(C2C(c3ccsc3)C(c3cc(OC)nc(OC)n3)C2c2ccsc2)nc(OC)n1. The molecule has 4 heterocycles. The smallest absolute Gasteiger partial charge is 0.319 e. The third-order valence-corrected chi connectivity index (χ3v) is 7.68. The van der Waals surface area contributed by atoms with Crippen LogP contribution in [0.25, 0.3) is 0 Å². The lowest BCUT2D eigenvalue weighted by atomic mass is 9.51. The van der Waals surface area contributed by atoms with Gasteiger partial charge in [0.25, 0.3) is 0 Å². The van der Waals surface area contributed by atoms with Gasteiger partial charge in [-0.2, -0.15) is 42.6 Å². The summed E-state index contributed by atoms with van der Waals surface area (Å²) in [5.41, 5.74) is 4.22. The highest BCUT2D eigenvalue weighted by Crippen LogP contribution is 2.66. The van der Waals surface area contributed by atoms with Gasteiger partial charge in [0, 0.05) is 35.8 Å². The highest BCUT2D eigenvalue weighted by Gasteiger charge is 2.55. The lowest BCUT2D eigenvalue weighted by molar-refractivity contribution is 0.215. The summed E-state index contributed by atoms with van der Waals surface area (Å²) in [7, 11) is 6.32. The Morgan fingerprint density at radius 2 is 1.03 bits per heavy atom. The zero-order valence-corrected chi connectivity index (χ0v) is 20.8. The molecule has 0 radical (unpaired) electrons. The van der Waals surface area contributed by atoms with Gasteiger partial charge in [0.05, 0.1) is 39.8 Å². The van der Waals surface area contributed by atoms with Gasteiger partial charge in [-0.3, -0.25) is 0 Å². The number of methoxy groups -OCH3 is 4. The van der Waals surface area contributed by atoms with Gasteiger partial charge in [-0.05, 0) is 44.8 Å². The lowest BCUT2D eigenvalue weighted by Gasteiger charge is -2.51. The fourth-order valence-electron chi connectivity index (χ4n) is 4.82. The monoisotopic (exact) mass is 496 g/mol. The third-order valence-electron chi connectivity index (χ3n) is 6.27. The number of ether oxygens (including phenoxy) is 4. The number of rotatable bonds is 8. The summed E-state index contributed by atoms with van der Waals surface area (Å²) >= 11 is 3.36. The largest absolute Gasteiger partial charge is 0.481 e. The van der Waals surface area contributed by atoms with Crippen LogP contribution in [0.15, 0.2) is 45.8 Å². The molecule has 8 nitrogen and oxygen atoms in total. The second kappa shape index (κ2) is 9.55. The molecule has 1 aliphatic carbocycles. The molecular formula is C24H24N4O4S2. The van der Waals surface area contributed by atoms with E-state index in [9.17, 15) is 0 Å². The predicted molar refractivity (Wildman–Crippen MR) is 130 cm³/mol. The van der Waals surface area contributed by atoms with Crippen LogP contribution in [0, 0.1) is 0 Å². The van der Waals surface area contributed by atoms with Crippen LogP contribution in [-0.4, -0.2) is 48.4 Å². The first-order valence-electron chi connectivity index (χ1n) is 10.6. The summed E-state index contributed by atoms with van der Waals surface area (Å²) in [5.74, 6) is 1.31. The summed E-state index contributed by atoms with van der Waals surface area (Å²) in [4.78, 5) is 18.1. The van der Waals surface area contributed by atoms with Crippen LogP contribution >= 0.6 is 22.7 Å². The zero-order chi connectivity index (χ0) is 23.7. The van der Waals surface area contributed by atoms with E-state index in [4.69, 9.17) is 28.9 Å². The molecule has 10 heteroatoms. The molecule has 5 rings (SSSR count). The Morgan fingerprint density at radius 3 is 1.35 bits per heavy atom. The average molecular weight is 497 g/mol. The van der Waals surface area contributed by atoms with Gasteiger partial charge in [-0.1, -0.05) is 0 Å². The van der Waals surface area contributed by atoms with Gasteiger partial charge in [-0.25, -0.2) is 0 Å². The molecular weight excluding hydrogens is 472 g/mol. The van der Waals surface area contributed by atoms with E-state index in [1.807, 2.05) is 12.1 Å². The van der Waals surface area contributed by atoms with E-state index in [-0.39, 0.29) is 35.7 Å². The Kier molecular flexibility index (Phi) is 6.34. The molecule has 1 aliphatic rings. The van der Waals surface area contributed by atoms with E-state index in [1.54, 1.807) is 51.1 Å². The van der Waals surface area contributed by atoms with Crippen LogP contribution in [0.5, 0.6) is 23.8 Å². The van der Waals surface area contributed by atoms with Crippen molar-refractivity contribution in [2.45, 2.75) is 23.7 Å². The van der Waals surface area contributed by atoms with E-state index >= 15 is 0 Å². The minimum atomic E-state index is 0.0620. The van der Waals surface area contributed by atoms with E-state index in [1.165, 1.54) is 11.1 Å². The van der Waals surface area contributed by atoms with Crippen molar-refractivity contribution in [3.8, 4) is 23.8 Å². The molecule has 4 aromatic rings. The molecule has 0 spiro atoms. The van der Waals surface area contributed by atoms with Gasteiger partial charge >= 0.3 is 12.0 Å². The Labute approximate surface area is 205 Å². The first-order chi connectivity index (χ1) is 16.7. The zero-order valence-electron chi connectivity index (χ0n) is 19.2. The van der Waals surface area contributed by atoms with Crippen molar-refractivity contribution in [2.75, 3.05) is 28.4 Å². The van der Waals surface area contributed by atoms with Crippen molar-refractivity contribution < 1.29 is 18.9 Å². The van der Waals surface area contributed by atoms with E-state index in [0.717, 1.165) is 11.4 Å². The van der Waals surface area contributed by atoms with E-state index in [0.29, 0.717) is 11.8 Å². The normalized spacial score (nSPS) is 21.5.